The van der Waals surface area contributed by atoms with E-state index in [0.29, 0.717) is 6.61 Å². The van der Waals surface area contributed by atoms with E-state index >= 15 is 0 Å². The second-order valence-corrected chi connectivity index (χ2v) is 3.86. The molecule has 1 fully saturated rings. The van der Waals surface area contributed by atoms with Crippen LogP contribution in [-0.2, 0) is 16.1 Å². The van der Waals surface area contributed by atoms with Gasteiger partial charge in [-0.05, 0) is 11.1 Å². The van der Waals surface area contributed by atoms with E-state index < -0.39 is 5.97 Å². The van der Waals surface area contributed by atoms with Gasteiger partial charge in [-0.25, -0.2) is 0 Å². The van der Waals surface area contributed by atoms with Crippen molar-refractivity contribution in [3.8, 4) is 0 Å². The second kappa shape index (κ2) is 2.58. The van der Waals surface area contributed by atoms with Crippen LogP contribution in [0, 0.1) is 5.92 Å². The Hall–Kier alpha value is -1.35. The summed E-state index contributed by atoms with van der Waals surface area (Å²) in [4.78, 5) is 10.9. The SMILES string of the molecule is O=C(O)[C@@H]1[C@@H]2OCc3ccccc3[C@@H]21. The largest absolute Gasteiger partial charge is 0.481 e. The van der Waals surface area contributed by atoms with Gasteiger partial charge in [0.2, 0.25) is 0 Å². The van der Waals surface area contributed by atoms with Crippen LogP contribution in [0.2, 0.25) is 0 Å². The Kier molecular flexibility index (Phi) is 1.47. The van der Waals surface area contributed by atoms with Crippen molar-refractivity contribution in [1.82, 2.24) is 0 Å². The van der Waals surface area contributed by atoms with Gasteiger partial charge in [0.15, 0.2) is 0 Å². The second-order valence-electron chi connectivity index (χ2n) is 3.86. The van der Waals surface area contributed by atoms with Crippen LogP contribution < -0.4 is 0 Å². The third kappa shape index (κ3) is 0.930. The van der Waals surface area contributed by atoms with Crippen LogP contribution in [0.4, 0.5) is 0 Å². The van der Waals surface area contributed by atoms with E-state index in [0.717, 1.165) is 11.1 Å². The molecule has 1 aliphatic carbocycles. The minimum absolute atomic E-state index is 0.0811. The molecule has 72 valence electrons. The summed E-state index contributed by atoms with van der Waals surface area (Å²) in [5.74, 6) is -0.965. The van der Waals surface area contributed by atoms with Crippen molar-refractivity contribution in [2.45, 2.75) is 18.6 Å². The molecule has 0 bridgehead atoms. The third-order valence-electron chi connectivity index (χ3n) is 3.08. The van der Waals surface area contributed by atoms with E-state index in [1.807, 2.05) is 24.3 Å². The topological polar surface area (TPSA) is 46.5 Å². The lowest BCUT2D eigenvalue weighted by Gasteiger charge is -2.14. The van der Waals surface area contributed by atoms with Gasteiger partial charge in [-0.15, -0.1) is 0 Å². The van der Waals surface area contributed by atoms with Gasteiger partial charge in [0.05, 0.1) is 18.6 Å². The highest BCUT2D eigenvalue weighted by Crippen LogP contribution is 2.54. The normalized spacial score (nSPS) is 33.0. The summed E-state index contributed by atoms with van der Waals surface area (Å²) >= 11 is 0. The van der Waals surface area contributed by atoms with Crippen molar-refractivity contribution >= 4 is 5.97 Å². The molecule has 3 nitrogen and oxygen atoms in total. The van der Waals surface area contributed by atoms with Gasteiger partial charge in [0.25, 0.3) is 0 Å². The first-order valence-electron chi connectivity index (χ1n) is 4.71. The molecule has 14 heavy (non-hydrogen) atoms. The van der Waals surface area contributed by atoms with E-state index in [1.165, 1.54) is 0 Å². The van der Waals surface area contributed by atoms with E-state index in [4.69, 9.17) is 9.84 Å². The maximum Gasteiger partial charge on any atom is 0.309 e. The highest BCUT2D eigenvalue weighted by molar-refractivity contribution is 5.77. The Morgan fingerprint density at radius 3 is 3.00 bits per heavy atom. The monoisotopic (exact) mass is 190 g/mol. The Bertz CT molecular complexity index is 399. The lowest BCUT2D eigenvalue weighted by molar-refractivity contribution is -0.139. The molecule has 0 saturated heterocycles. The van der Waals surface area contributed by atoms with Crippen LogP contribution in [0.25, 0.3) is 0 Å². The van der Waals surface area contributed by atoms with Gasteiger partial charge in [-0.2, -0.15) is 0 Å². The van der Waals surface area contributed by atoms with Gasteiger partial charge < -0.3 is 9.84 Å². The molecule has 1 saturated carbocycles. The average molecular weight is 190 g/mol. The molecule has 0 spiro atoms. The molecule has 2 aliphatic rings. The smallest absolute Gasteiger partial charge is 0.309 e. The number of hydrogen-bond acceptors (Lipinski definition) is 2. The van der Waals surface area contributed by atoms with Crippen LogP contribution in [0.1, 0.15) is 17.0 Å². The minimum Gasteiger partial charge on any atom is -0.481 e. The number of rotatable bonds is 1. The third-order valence-corrected chi connectivity index (χ3v) is 3.08. The minimum atomic E-state index is -0.739. The van der Waals surface area contributed by atoms with E-state index in [9.17, 15) is 4.79 Å². The first-order valence-corrected chi connectivity index (χ1v) is 4.71. The molecule has 0 radical (unpaired) electrons. The quantitative estimate of drug-likeness (QED) is 0.727. The Morgan fingerprint density at radius 1 is 1.43 bits per heavy atom. The van der Waals surface area contributed by atoms with E-state index in [1.54, 1.807) is 0 Å². The van der Waals surface area contributed by atoms with E-state index in [-0.39, 0.29) is 17.9 Å². The molecular weight excluding hydrogens is 180 g/mol. The van der Waals surface area contributed by atoms with Gasteiger partial charge in [0, 0.05) is 5.92 Å². The molecule has 3 heteroatoms. The molecule has 1 aliphatic heterocycles. The summed E-state index contributed by atoms with van der Waals surface area (Å²) in [6, 6.07) is 7.93. The summed E-state index contributed by atoms with van der Waals surface area (Å²) in [7, 11) is 0. The fourth-order valence-electron chi connectivity index (χ4n) is 2.33. The highest BCUT2D eigenvalue weighted by Gasteiger charge is 2.59. The van der Waals surface area contributed by atoms with Crippen LogP contribution in [0.5, 0.6) is 0 Å². The van der Waals surface area contributed by atoms with Crippen molar-refractivity contribution in [2.75, 3.05) is 0 Å². The number of hydrogen-bond donors (Lipinski definition) is 1. The number of aliphatic carboxylic acids is 1. The maximum atomic E-state index is 10.9. The fraction of sp³-hybridized carbons (Fsp3) is 0.364. The number of carboxylic acid groups (broad SMARTS) is 1. The molecule has 1 aromatic rings. The Morgan fingerprint density at radius 2 is 2.21 bits per heavy atom. The summed E-state index contributed by atoms with van der Waals surface area (Å²) in [6.07, 6.45) is -0.0811. The predicted molar refractivity (Wildman–Crippen MR) is 48.9 cm³/mol. The molecular formula is C11H10O3. The van der Waals surface area contributed by atoms with Crippen molar-refractivity contribution in [2.24, 2.45) is 5.92 Å². The van der Waals surface area contributed by atoms with Crippen molar-refractivity contribution in [3.63, 3.8) is 0 Å². The van der Waals surface area contributed by atoms with Crippen molar-refractivity contribution in [3.05, 3.63) is 35.4 Å². The average Bonchev–Trinajstić information content (AvgIpc) is 2.92. The first kappa shape index (κ1) is 8.00. The molecule has 0 amide bonds. The fourth-order valence-corrected chi connectivity index (χ4v) is 2.33. The van der Waals surface area contributed by atoms with Crippen molar-refractivity contribution < 1.29 is 14.6 Å². The van der Waals surface area contributed by atoms with E-state index in [2.05, 4.69) is 0 Å². The molecule has 3 atom stereocenters. The Labute approximate surface area is 81.3 Å². The molecule has 0 unspecified atom stereocenters. The maximum absolute atomic E-state index is 10.9. The number of carbonyl (C=O) groups is 1. The molecule has 0 aromatic heterocycles. The van der Waals surface area contributed by atoms with Gasteiger partial charge in [-0.3, -0.25) is 4.79 Å². The molecule has 1 aromatic carbocycles. The van der Waals surface area contributed by atoms with Crippen molar-refractivity contribution in [1.29, 1.82) is 0 Å². The zero-order chi connectivity index (χ0) is 9.71. The highest BCUT2D eigenvalue weighted by atomic mass is 16.5. The molecule has 3 rings (SSSR count). The zero-order valence-corrected chi connectivity index (χ0v) is 7.51. The standard InChI is InChI=1S/C11H10O3/c12-11(13)9-8-7-4-2-1-3-6(7)5-14-10(8)9/h1-4,8-10H,5H2,(H,12,13)/t8-,9+,10-/m1/s1. The van der Waals surface area contributed by atoms with Gasteiger partial charge in [0.1, 0.15) is 0 Å². The lowest BCUT2D eigenvalue weighted by Crippen LogP contribution is -2.07. The predicted octanol–water partition coefficient (Wildman–Crippen LogP) is 1.38. The van der Waals surface area contributed by atoms with Crippen LogP contribution in [-0.4, -0.2) is 17.2 Å². The lowest BCUT2D eigenvalue weighted by atomic mass is 10.0. The summed E-state index contributed by atoms with van der Waals surface area (Å²) in [6.45, 7) is 0.557. The molecule has 1 N–H and O–H groups in total. The zero-order valence-electron chi connectivity index (χ0n) is 7.51. The summed E-state index contributed by atoms with van der Waals surface area (Å²) < 4.78 is 5.47. The van der Waals surface area contributed by atoms with Crippen LogP contribution >= 0.6 is 0 Å². The van der Waals surface area contributed by atoms with Gasteiger partial charge in [-0.1, -0.05) is 24.3 Å². The number of benzene rings is 1. The van der Waals surface area contributed by atoms with Gasteiger partial charge >= 0.3 is 5.97 Å². The number of carboxylic acids is 1. The Balaban J connectivity index is 2.00. The summed E-state index contributed by atoms with van der Waals surface area (Å²) in [5, 5.41) is 8.93. The number of fused-ring (bicyclic) bond motifs is 3. The number of ether oxygens (including phenoxy) is 1. The summed E-state index contributed by atoms with van der Waals surface area (Å²) in [5.41, 5.74) is 2.30. The molecule has 1 heterocycles. The van der Waals surface area contributed by atoms with Crippen LogP contribution in [0.3, 0.4) is 0 Å². The van der Waals surface area contributed by atoms with Crippen LogP contribution in [0.15, 0.2) is 24.3 Å². The first-order chi connectivity index (χ1) is 6.79.